The predicted octanol–water partition coefficient (Wildman–Crippen LogP) is 5.58. The number of pyridine rings is 1. The number of aromatic nitrogens is 1. The Labute approximate surface area is 186 Å². The number of benzene rings is 3. The number of nitrogens with zero attached hydrogens (tertiary/aromatic N) is 1. The van der Waals surface area contributed by atoms with Crippen molar-refractivity contribution in [1.82, 2.24) is 10.3 Å². The number of hydrogen-bond acceptors (Lipinski definition) is 4. The maximum Gasteiger partial charge on any atom is 0.416 e. The van der Waals surface area contributed by atoms with Crippen molar-refractivity contribution in [3.8, 4) is 22.8 Å². The molecule has 0 radical (unpaired) electrons. The Morgan fingerprint density at radius 3 is 2.55 bits per heavy atom. The fraction of sp³-hybridized carbons (Fsp3) is 0.120. The Hall–Kier alpha value is -4.07. The molecule has 5 nitrogen and oxygen atoms in total. The van der Waals surface area contributed by atoms with Gasteiger partial charge in [0.25, 0.3) is 5.91 Å². The highest BCUT2D eigenvalue weighted by molar-refractivity contribution is 6.07. The van der Waals surface area contributed by atoms with Gasteiger partial charge in [0.1, 0.15) is 0 Å². The zero-order chi connectivity index (χ0) is 23.0. The van der Waals surface area contributed by atoms with Crippen LogP contribution in [0.1, 0.15) is 21.5 Å². The third kappa shape index (κ3) is 4.07. The second-order valence-corrected chi connectivity index (χ2v) is 7.48. The van der Waals surface area contributed by atoms with Crippen LogP contribution in [-0.2, 0) is 12.7 Å². The van der Waals surface area contributed by atoms with Crippen LogP contribution in [0.3, 0.4) is 0 Å². The Morgan fingerprint density at radius 2 is 1.70 bits per heavy atom. The van der Waals surface area contributed by atoms with Crippen LogP contribution in [-0.4, -0.2) is 17.7 Å². The van der Waals surface area contributed by atoms with Crippen LogP contribution in [0.4, 0.5) is 13.2 Å². The first kappa shape index (κ1) is 20.8. The molecule has 1 N–H and O–H groups in total. The number of amides is 1. The van der Waals surface area contributed by atoms with Crippen molar-refractivity contribution in [2.24, 2.45) is 0 Å². The van der Waals surface area contributed by atoms with Crippen LogP contribution in [0.2, 0.25) is 0 Å². The Morgan fingerprint density at radius 1 is 0.939 bits per heavy atom. The summed E-state index contributed by atoms with van der Waals surface area (Å²) in [6.07, 6.45) is -4.50. The predicted molar refractivity (Wildman–Crippen MR) is 116 cm³/mol. The Bertz CT molecular complexity index is 1370. The SMILES string of the molecule is O=C(NCc1ccccc1C(F)(F)F)c1cc(-c2ccc3c(c2)OCO3)nc2ccccc12. The highest BCUT2D eigenvalue weighted by atomic mass is 19.4. The fourth-order valence-corrected chi connectivity index (χ4v) is 3.79. The Kier molecular flexibility index (Phi) is 5.12. The molecule has 0 saturated heterocycles. The number of fused-ring (bicyclic) bond motifs is 2. The zero-order valence-electron chi connectivity index (χ0n) is 17.1. The molecule has 1 aromatic heterocycles. The standard InChI is InChI=1S/C25H17F3N2O3/c26-25(27,28)19-7-3-1-5-16(19)13-29-24(31)18-12-21(30-20-8-4-2-6-17(18)20)15-9-10-22-23(11-15)33-14-32-22/h1-12H,13-14H2,(H,29,31). The molecular formula is C25H17F3N2O3. The fourth-order valence-electron chi connectivity index (χ4n) is 3.79. The number of halogens is 3. The van der Waals surface area contributed by atoms with Gasteiger partial charge in [-0.1, -0.05) is 36.4 Å². The van der Waals surface area contributed by atoms with Crippen LogP contribution < -0.4 is 14.8 Å². The van der Waals surface area contributed by atoms with E-state index in [0.717, 1.165) is 11.6 Å². The summed E-state index contributed by atoms with van der Waals surface area (Å²) in [5.74, 6) is 0.714. The van der Waals surface area contributed by atoms with Gasteiger partial charge in [0.15, 0.2) is 11.5 Å². The van der Waals surface area contributed by atoms with Gasteiger partial charge in [-0.25, -0.2) is 4.98 Å². The summed E-state index contributed by atoms with van der Waals surface area (Å²) in [7, 11) is 0. The lowest BCUT2D eigenvalue weighted by molar-refractivity contribution is -0.138. The van der Waals surface area contributed by atoms with Gasteiger partial charge in [0.2, 0.25) is 6.79 Å². The molecule has 0 spiro atoms. The first-order chi connectivity index (χ1) is 15.9. The summed E-state index contributed by atoms with van der Waals surface area (Å²) >= 11 is 0. The van der Waals surface area contributed by atoms with Crippen molar-refractivity contribution in [3.05, 3.63) is 89.5 Å². The van der Waals surface area contributed by atoms with E-state index in [1.807, 2.05) is 6.07 Å². The minimum Gasteiger partial charge on any atom is -0.454 e. The number of rotatable bonds is 4. The van der Waals surface area contributed by atoms with Gasteiger partial charge in [-0.2, -0.15) is 13.2 Å². The van der Waals surface area contributed by atoms with Crippen molar-refractivity contribution in [2.45, 2.75) is 12.7 Å². The summed E-state index contributed by atoms with van der Waals surface area (Å²) < 4.78 is 50.7. The number of nitrogens with one attached hydrogen (secondary N) is 1. The van der Waals surface area contributed by atoms with Gasteiger partial charge < -0.3 is 14.8 Å². The van der Waals surface area contributed by atoms with Gasteiger partial charge >= 0.3 is 6.18 Å². The van der Waals surface area contributed by atoms with E-state index in [-0.39, 0.29) is 18.9 Å². The Balaban J connectivity index is 1.50. The molecule has 0 saturated carbocycles. The van der Waals surface area contributed by atoms with Crippen LogP contribution in [0, 0.1) is 0 Å². The molecule has 0 unspecified atom stereocenters. The zero-order valence-corrected chi connectivity index (χ0v) is 17.1. The topological polar surface area (TPSA) is 60.5 Å². The van der Waals surface area contributed by atoms with Crippen molar-refractivity contribution in [1.29, 1.82) is 0 Å². The molecule has 0 atom stereocenters. The van der Waals surface area contributed by atoms with E-state index in [4.69, 9.17) is 9.47 Å². The van der Waals surface area contributed by atoms with E-state index in [2.05, 4.69) is 10.3 Å². The van der Waals surface area contributed by atoms with Gasteiger partial charge in [-0.15, -0.1) is 0 Å². The number of carbonyl (C=O) groups is 1. The van der Waals surface area contributed by atoms with E-state index >= 15 is 0 Å². The van der Waals surface area contributed by atoms with E-state index in [1.54, 1.807) is 42.5 Å². The smallest absolute Gasteiger partial charge is 0.416 e. The van der Waals surface area contributed by atoms with Gasteiger partial charge in [0, 0.05) is 17.5 Å². The van der Waals surface area contributed by atoms with Crippen LogP contribution in [0.5, 0.6) is 11.5 Å². The summed E-state index contributed by atoms with van der Waals surface area (Å²) in [5.41, 5.74) is 1.39. The molecule has 0 bridgehead atoms. The number of para-hydroxylation sites is 1. The lowest BCUT2D eigenvalue weighted by Gasteiger charge is -2.14. The summed E-state index contributed by atoms with van der Waals surface area (Å²) in [4.78, 5) is 17.8. The summed E-state index contributed by atoms with van der Waals surface area (Å²) in [6.45, 7) is -0.123. The third-order valence-electron chi connectivity index (χ3n) is 5.39. The maximum atomic E-state index is 13.3. The molecule has 2 heterocycles. The van der Waals surface area contributed by atoms with Crippen molar-refractivity contribution >= 4 is 16.8 Å². The second kappa shape index (κ2) is 8.12. The quantitative estimate of drug-likeness (QED) is 0.441. The molecule has 166 valence electrons. The average Bonchev–Trinajstić information content (AvgIpc) is 3.29. The second-order valence-electron chi connectivity index (χ2n) is 7.48. The first-order valence-electron chi connectivity index (χ1n) is 10.1. The van der Waals surface area contributed by atoms with Crippen LogP contribution in [0.15, 0.2) is 72.8 Å². The molecule has 1 amide bonds. The highest BCUT2D eigenvalue weighted by Crippen LogP contribution is 2.36. The maximum absolute atomic E-state index is 13.3. The number of hydrogen-bond donors (Lipinski definition) is 1. The van der Waals surface area contributed by atoms with Crippen LogP contribution >= 0.6 is 0 Å². The third-order valence-corrected chi connectivity index (χ3v) is 5.39. The van der Waals surface area contributed by atoms with Crippen molar-refractivity contribution < 1.29 is 27.4 Å². The van der Waals surface area contributed by atoms with E-state index < -0.39 is 17.6 Å². The average molecular weight is 450 g/mol. The number of alkyl halides is 3. The van der Waals surface area contributed by atoms with Gasteiger partial charge in [-0.05, 0) is 42.0 Å². The molecule has 0 fully saturated rings. The van der Waals surface area contributed by atoms with Gasteiger partial charge in [0.05, 0.1) is 22.3 Å². The van der Waals surface area contributed by atoms with E-state index in [0.29, 0.717) is 33.7 Å². The molecule has 5 rings (SSSR count). The van der Waals surface area contributed by atoms with Crippen molar-refractivity contribution in [2.75, 3.05) is 6.79 Å². The van der Waals surface area contributed by atoms with E-state index in [1.165, 1.54) is 18.2 Å². The monoisotopic (exact) mass is 450 g/mol. The first-order valence-corrected chi connectivity index (χ1v) is 10.1. The molecule has 3 aromatic carbocycles. The molecule has 1 aliphatic heterocycles. The largest absolute Gasteiger partial charge is 0.454 e. The van der Waals surface area contributed by atoms with Gasteiger partial charge in [-0.3, -0.25) is 4.79 Å². The number of ether oxygens (including phenoxy) is 2. The molecule has 0 aliphatic carbocycles. The molecule has 1 aliphatic rings. The lowest BCUT2D eigenvalue weighted by Crippen LogP contribution is -2.25. The summed E-state index contributed by atoms with van der Waals surface area (Å²) in [5, 5.41) is 3.23. The normalized spacial score (nSPS) is 12.7. The molecule has 4 aromatic rings. The highest BCUT2D eigenvalue weighted by Gasteiger charge is 2.32. The minimum atomic E-state index is -4.50. The molecular weight excluding hydrogens is 433 g/mol. The number of carbonyl (C=O) groups excluding carboxylic acids is 1. The summed E-state index contributed by atoms with van der Waals surface area (Å²) in [6, 6.07) is 19.3. The van der Waals surface area contributed by atoms with Crippen LogP contribution in [0.25, 0.3) is 22.2 Å². The van der Waals surface area contributed by atoms with Crippen molar-refractivity contribution in [3.63, 3.8) is 0 Å². The molecule has 8 heteroatoms. The lowest BCUT2D eigenvalue weighted by atomic mass is 10.0. The van der Waals surface area contributed by atoms with E-state index in [9.17, 15) is 18.0 Å². The minimum absolute atomic E-state index is 0.00675. The molecule has 33 heavy (non-hydrogen) atoms.